The molecule has 2 atom stereocenters. The van der Waals surface area contributed by atoms with Crippen LogP contribution in [0.2, 0.25) is 0 Å². The molecule has 1 saturated heterocycles. The van der Waals surface area contributed by atoms with Crippen LogP contribution in [-0.2, 0) is 13.1 Å². The summed E-state index contributed by atoms with van der Waals surface area (Å²) in [5.74, 6) is 1.78. The number of thiocarbonyl (C=S) groups is 1. The number of aromatic nitrogens is 2. The molecule has 0 aliphatic carbocycles. The minimum absolute atomic E-state index is 0.000975. The first kappa shape index (κ1) is 22.2. The van der Waals surface area contributed by atoms with Crippen LogP contribution >= 0.6 is 12.2 Å². The Kier molecular flexibility index (Phi) is 6.11. The van der Waals surface area contributed by atoms with Gasteiger partial charge in [-0.3, -0.25) is 4.98 Å². The molecule has 5 rings (SSSR count). The van der Waals surface area contributed by atoms with Crippen molar-refractivity contribution in [3.8, 4) is 5.75 Å². The maximum Gasteiger partial charge on any atom is 0.170 e. The monoisotopic (exact) mass is 472 g/mol. The van der Waals surface area contributed by atoms with Crippen molar-refractivity contribution in [2.24, 2.45) is 0 Å². The van der Waals surface area contributed by atoms with E-state index in [1.54, 1.807) is 13.4 Å². The molecule has 174 valence electrons. The SMILES string of the molecule is COc1ccc(CN2C(=S)N[C@@H](c3ccccn3)[C@@H]2c2cc(C)n(Cc3ccco3)c2C)cc1. The lowest BCUT2D eigenvalue weighted by molar-refractivity contribution is 0.309. The largest absolute Gasteiger partial charge is 0.497 e. The fourth-order valence-electron chi connectivity index (χ4n) is 4.77. The molecule has 7 heteroatoms. The van der Waals surface area contributed by atoms with Crippen LogP contribution in [0.15, 0.2) is 77.5 Å². The standard InChI is InChI=1S/C27H28N4O2S/c1-18-15-23(19(2)30(18)17-22-7-6-14-33-22)26-25(24-8-4-5-13-28-24)29-27(34)31(26)16-20-9-11-21(32-3)12-10-20/h4-15,25-26H,16-17H2,1-3H3,(H,29,34)/t25-,26-/m0/s1. The lowest BCUT2D eigenvalue weighted by Crippen LogP contribution is -2.29. The third kappa shape index (κ3) is 4.19. The van der Waals surface area contributed by atoms with Gasteiger partial charge in [-0.1, -0.05) is 18.2 Å². The summed E-state index contributed by atoms with van der Waals surface area (Å²) >= 11 is 5.86. The maximum atomic E-state index is 5.86. The number of aryl methyl sites for hydroxylation is 1. The van der Waals surface area contributed by atoms with E-state index in [1.165, 1.54) is 22.5 Å². The summed E-state index contributed by atoms with van der Waals surface area (Å²) in [6, 6.07) is 20.3. The molecule has 6 nitrogen and oxygen atoms in total. The zero-order chi connectivity index (χ0) is 23.7. The first-order chi connectivity index (χ1) is 16.5. The molecule has 1 aliphatic heterocycles. The molecule has 1 aromatic carbocycles. The van der Waals surface area contributed by atoms with Gasteiger partial charge in [0.15, 0.2) is 5.11 Å². The van der Waals surface area contributed by atoms with Gasteiger partial charge in [0.25, 0.3) is 0 Å². The Balaban J connectivity index is 1.54. The Morgan fingerprint density at radius 2 is 1.88 bits per heavy atom. The summed E-state index contributed by atoms with van der Waals surface area (Å²) in [7, 11) is 1.68. The lowest BCUT2D eigenvalue weighted by atomic mass is 9.96. The topological polar surface area (TPSA) is 55.5 Å². The van der Waals surface area contributed by atoms with E-state index < -0.39 is 0 Å². The predicted octanol–water partition coefficient (Wildman–Crippen LogP) is 5.32. The van der Waals surface area contributed by atoms with Crippen LogP contribution in [0.4, 0.5) is 0 Å². The van der Waals surface area contributed by atoms with Crippen LogP contribution < -0.4 is 10.1 Å². The third-order valence-corrected chi connectivity index (χ3v) is 6.89. The average molecular weight is 473 g/mol. The molecule has 0 bridgehead atoms. The van der Waals surface area contributed by atoms with Gasteiger partial charge >= 0.3 is 0 Å². The molecule has 1 fully saturated rings. The molecule has 0 amide bonds. The quantitative estimate of drug-likeness (QED) is 0.367. The molecule has 34 heavy (non-hydrogen) atoms. The number of furan rings is 1. The molecule has 4 aromatic rings. The van der Waals surface area contributed by atoms with Crippen molar-refractivity contribution < 1.29 is 9.15 Å². The fraction of sp³-hybridized carbons (Fsp3) is 0.259. The molecule has 4 heterocycles. The first-order valence-corrected chi connectivity index (χ1v) is 11.8. The average Bonchev–Trinajstić information content (AvgIpc) is 3.56. The van der Waals surface area contributed by atoms with E-state index in [0.29, 0.717) is 13.1 Å². The van der Waals surface area contributed by atoms with Crippen LogP contribution in [-0.4, -0.2) is 26.7 Å². The third-order valence-electron chi connectivity index (χ3n) is 6.54. The van der Waals surface area contributed by atoms with Gasteiger partial charge in [0.05, 0.1) is 37.7 Å². The number of nitrogens with zero attached hydrogens (tertiary/aromatic N) is 3. The highest BCUT2D eigenvalue weighted by molar-refractivity contribution is 7.80. The summed E-state index contributed by atoms with van der Waals surface area (Å²) in [5, 5.41) is 4.28. The highest BCUT2D eigenvalue weighted by atomic mass is 32.1. The number of benzene rings is 1. The van der Waals surface area contributed by atoms with Crippen molar-refractivity contribution in [2.45, 2.75) is 39.0 Å². The zero-order valence-corrected chi connectivity index (χ0v) is 20.4. The Morgan fingerprint density at radius 3 is 2.56 bits per heavy atom. The smallest absolute Gasteiger partial charge is 0.170 e. The minimum Gasteiger partial charge on any atom is -0.497 e. The van der Waals surface area contributed by atoms with E-state index in [9.17, 15) is 0 Å². The normalized spacial score (nSPS) is 17.7. The highest BCUT2D eigenvalue weighted by Crippen LogP contribution is 2.41. The number of ether oxygens (including phenoxy) is 1. The Morgan fingerprint density at radius 1 is 1.06 bits per heavy atom. The molecule has 0 saturated carbocycles. The summed E-state index contributed by atoms with van der Waals surface area (Å²) in [4.78, 5) is 6.94. The van der Waals surface area contributed by atoms with Gasteiger partial charge in [0, 0.05) is 24.1 Å². The number of nitrogens with one attached hydrogen (secondary N) is 1. The summed E-state index contributed by atoms with van der Waals surface area (Å²) in [5.41, 5.74) is 5.77. The molecule has 0 radical (unpaired) electrons. The molecular formula is C27H28N4O2S. The second-order valence-electron chi connectivity index (χ2n) is 8.59. The highest BCUT2D eigenvalue weighted by Gasteiger charge is 2.41. The number of hydrogen-bond donors (Lipinski definition) is 1. The van der Waals surface area contributed by atoms with Crippen molar-refractivity contribution in [1.29, 1.82) is 0 Å². The second-order valence-corrected chi connectivity index (χ2v) is 8.98. The molecular weight excluding hydrogens is 444 g/mol. The maximum absolute atomic E-state index is 5.86. The molecule has 1 N–H and O–H groups in total. The van der Waals surface area contributed by atoms with Crippen molar-refractivity contribution in [3.05, 3.63) is 107 Å². The van der Waals surface area contributed by atoms with Crippen LogP contribution in [0.1, 0.15) is 46.1 Å². The van der Waals surface area contributed by atoms with E-state index in [0.717, 1.165) is 22.3 Å². The second kappa shape index (κ2) is 9.35. The Hall–Kier alpha value is -3.58. The Bertz CT molecular complexity index is 1270. The van der Waals surface area contributed by atoms with Gasteiger partial charge in [-0.15, -0.1) is 0 Å². The van der Waals surface area contributed by atoms with Crippen LogP contribution in [0.3, 0.4) is 0 Å². The van der Waals surface area contributed by atoms with Crippen LogP contribution in [0.25, 0.3) is 0 Å². The van der Waals surface area contributed by atoms with E-state index in [2.05, 4.69) is 57.9 Å². The number of hydrogen-bond acceptors (Lipinski definition) is 4. The zero-order valence-electron chi connectivity index (χ0n) is 19.6. The van der Waals surface area contributed by atoms with E-state index in [4.69, 9.17) is 21.4 Å². The minimum atomic E-state index is -0.0514. The molecule has 0 spiro atoms. The number of pyridine rings is 1. The van der Waals surface area contributed by atoms with Crippen LogP contribution in [0.5, 0.6) is 5.75 Å². The molecule has 0 unspecified atom stereocenters. The Labute approximate surface area is 205 Å². The van der Waals surface area contributed by atoms with Gasteiger partial charge in [-0.25, -0.2) is 0 Å². The molecule has 3 aromatic heterocycles. The number of rotatable bonds is 7. The van der Waals surface area contributed by atoms with Crippen LogP contribution in [0, 0.1) is 13.8 Å². The summed E-state index contributed by atoms with van der Waals surface area (Å²) in [6.45, 7) is 5.70. The van der Waals surface area contributed by atoms with Gasteiger partial charge < -0.3 is 23.9 Å². The van der Waals surface area contributed by atoms with Crippen molar-refractivity contribution >= 4 is 17.3 Å². The lowest BCUT2D eigenvalue weighted by Gasteiger charge is -2.28. The predicted molar refractivity (Wildman–Crippen MR) is 136 cm³/mol. The van der Waals surface area contributed by atoms with E-state index >= 15 is 0 Å². The van der Waals surface area contributed by atoms with Crippen molar-refractivity contribution in [3.63, 3.8) is 0 Å². The van der Waals surface area contributed by atoms with E-state index in [-0.39, 0.29) is 12.1 Å². The van der Waals surface area contributed by atoms with Crippen molar-refractivity contribution in [2.75, 3.05) is 7.11 Å². The summed E-state index contributed by atoms with van der Waals surface area (Å²) < 4.78 is 13.3. The van der Waals surface area contributed by atoms with Gasteiger partial charge in [-0.2, -0.15) is 0 Å². The van der Waals surface area contributed by atoms with Crippen molar-refractivity contribution in [1.82, 2.24) is 19.8 Å². The number of methoxy groups -OCH3 is 1. The van der Waals surface area contributed by atoms with Gasteiger partial charge in [-0.05, 0) is 79.7 Å². The van der Waals surface area contributed by atoms with Gasteiger partial charge in [0.1, 0.15) is 11.5 Å². The first-order valence-electron chi connectivity index (χ1n) is 11.3. The van der Waals surface area contributed by atoms with Gasteiger partial charge in [0.2, 0.25) is 0 Å². The van der Waals surface area contributed by atoms with E-state index in [1.807, 2.05) is 42.6 Å². The molecule has 1 aliphatic rings. The fourth-order valence-corrected chi connectivity index (χ4v) is 5.08. The summed E-state index contributed by atoms with van der Waals surface area (Å²) in [6.07, 6.45) is 3.56.